The second kappa shape index (κ2) is 10.8. The van der Waals surface area contributed by atoms with E-state index in [9.17, 15) is 18.0 Å². The monoisotopic (exact) mass is 498 g/mol. The van der Waals surface area contributed by atoms with E-state index in [0.717, 1.165) is 57.2 Å². The molecule has 9 heteroatoms. The Labute approximate surface area is 207 Å². The van der Waals surface area contributed by atoms with Crippen molar-refractivity contribution in [1.82, 2.24) is 4.31 Å². The highest BCUT2D eigenvalue weighted by Crippen LogP contribution is 2.33. The summed E-state index contributed by atoms with van der Waals surface area (Å²) in [7, 11) is -3.74. The molecule has 0 unspecified atom stereocenters. The molecular formula is C26H34N4O4S. The zero-order chi connectivity index (χ0) is 25.0. The van der Waals surface area contributed by atoms with Crippen LogP contribution >= 0.6 is 0 Å². The average Bonchev–Trinajstić information content (AvgIpc) is 2.87. The molecule has 0 saturated carbocycles. The molecule has 8 nitrogen and oxygen atoms in total. The van der Waals surface area contributed by atoms with E-state index < -0.39 is 15.9 Å². The summed E-state index contributed by atoms with van der Waals surface area (Å²) in [5.74, 6) is -0.592. The molecule has 2 saturated heterocycles. The van der Waals surface area contributed by atoms with Crippen LogP contribution in [0, 0.1) is 6.92 Å². The molecular weight excluding hydrogens is 464 g/mol. The van der Waals surface area contributed by atoms with E-state index in [1.165, 1.54) is 13.0 Å². The van der Waals surface area contributed by atoms with Gasteiger partial charge in [0.1, 0.15) is 4.90 Å². The Bertz CT molecular complexity index is 1200. The molecule has 2 heterocycles. The summed E-state index contributed by atoms with van der Waals surface area (Å²) < 4.78 is 29.0. The number of sulfonamides is 1. The number of hydrogen-bond acceptors (Lipinski definition) is 5. The third-order valence-electron chi connectivity index (χ3n) is 6.74. The first-order valence-corrected chi connectivity index (χ1v) is 13.8. The molecule has 0 aliphatic carbocycles. The second-order valence-corrected chi connectivity index (χ2v) is 11.2. The highest BCUT2D eigenvalue weighted by molar-refractivity contribution is 7.89. The van der Waals surface area contributed by atoms with Gasteiger partial charge in [0.25, 0.3) is 5.91 Å². The molecule has 0 bridgehead atoms. The smallest absolute Gasteiger partial charge is 0.255 e. The Kier molecular flexibility index (Phi) is 7.76. The molecule has 4 rings (SSSR count). The lowest BCUT2D eigenvalue weighted by molar-refractivity contribution is -0.114. The van der Waals surface area contributed by atoms with Crippen LogP contribution < -0.4 is 15.5 Å². The molecule has 0 atom stereocenters. The van der Waals surface area contributed by atoms with E-state index >= 15 is 0 Å². The van der Waals surface area contributed by atoms with E-state index in [1.54, 1.807) is 34.6 Å². The lowest BCUT2D eigenvalue weighted by Gasteiger charge is -2.33. The maximum atomic E-state index is 13.7. The molecule has 188 valence electrons. The van der Waals surface area contributed by atoms with Gasteiger partial charge in [0.15, 0.2) is 0 Å². The first-order valence-electron chi connectivity index (χ1n) is 12.3. The Morgan fingerprint density at radius 1 is 0.829 bits per heavy atom. The molecule has 2 amide bonds. The Hall–Kier alpha value is -2.91. The van der Waals surface area contributed by atoms with E-state index in [4.69, 9.17) is 0 Å². The summed E-state index contributed by atoms with van der Waals surface area (Å²) in [4.78, 5) is 27.0. The number of hydrogen-bond donors (Lipinski definition) is 2. The molecule has 0 spiro atoms. The van der Waals surface area contributed by atoms with Crippen molar-refractivity contribution in [2.45, 2.75) is 57.3 Å². The third-order valence-corrected chi connectivity index (χ3v) is 8.67. The Morgan fingerprint density at radius 3 is 2.06 bits per heavy atom. The predicted molar refractivity (Wildman–Crippen MR) is 139 cm³/mol. The van der Waals surface area contributed by atoms with Crippen LogP contribution in [0.2, 0.25) is 0 Å². The Balaban J connectivity index is 1.68. The van der Waals surface area contributed by atoms with E-state index in [0.29, 0.717) is 30.2 Å². The van der Waals surface area contributed by atoms with Crippen LogP contribution in [0.15, 0.2) is 41.3 Å². The summed E-state index contributed by atoms with van der Waals surface area (Å²) in [5, 5.41) is 5.64. The Morgan fingerprint density at radius 2 is 1.43 bits per heavy atom. The maximum absolute atomic E-state index is 13.7. The number of amides is 2. The highest BCUT2D eigenvalue weighted by Gasteiger charge is 2.31. The van der Waals surface area contributed by atoms with Crippen LogP contribution in [0.5, 0.6) is 0 Å². The van der Waals surface area contributed by atoms with Crippen LogP contribution in [-0.2, 0) is 14.8 Å². The zero-order valence-electron chi connectivity index (χ0n) is 20.5. The van der Waals surface area contributed by atoms with Gasteiger partial charge in [-0.1, -0.05) is 12.5 Å². The fourth-order valence-corrected chi connectivity index (χ4v) is 6.55. The van der Waals surface area contributed by atoms with Gasteiger partial charge >= 0.3 is 0 Å². The minimum absolute atomic E-state index is 0.197. The minimum Gasteiger partial charge on any atom is -0.370 e. The predicted octanol–water partition coefficient (Wildman–Crippen LogP) is 4.37. The number of anilines is 3. The topological polar surface area (TPSA) is 98.8 Å². The highest BCUT2D eigenvalue weighted by atomic mass is 32.2. The molecule has 35 heavy (non-hydrogen) atoms. The third kappa shape index (κ3) is 5.67. The summed E-state index contributed by atoms with van der Waals surface area (Å²) in [5.41, 5.74) is 2.86. The molecule has 2 aliphatic rings. The molecule has 2 N–H and O–H groups in total. The lowest BCUT2D eigenvalue weighted by atomic mass is 10.1. The van der Waals surface area contributed by atoms with Crippen LogP contribution in [0.25, 0.3) is 0 Å². The lowest BCUT2D eigenvalue weighted by Crippen LogP contribution is -2.37. The van der Waals surface area contributed by atoms with Crippen molar-refractivity contribution in [3.05, 3.63) is 47.5 Å². The fourth-order valence-electron chi connectivity index (χ4n) is 4.79. The van der Waals surface area contributed by atoms with Gasteiger partial charge in [-0.05, 0) is 74.9 Å². The van der Waals surface area contributed by atoms with Gasteiger partial charge in [-0.15, -0.1) is 0 Å². The van der Waals surface area contributed by atoms with Crippen molar-refractivity contribution < 1.29 is 18.0 Å². The number of carbonyl (C=O) groups is 2. The summed E-state index contributed by atoms with van der Waals surface area (Å²) >= 11 is 0. The van der Waals surface area contributed by atoms with Crippen LogP contribution in [-0.4, -0.2) is 50.7 Å². The van der Waals surface area contributed by atoms with Gasteiger partial charge in [0, 0.05) is 50.0 Å². The van der Waals surface area contributed by atoms with Gasteiger partial charge in [-0.3, -0.25) is 9.59 Å². The number of nitrogens with one attached hydrogen (secondary N) is 2. The second-order valence-electron chi connectivity index (χ2n) is 9.31. The maximum Gasteiger partial charge on any atom is 0.255 e. The summed E-state index contributed by atoms with van der Waals surface area (Å²) in [6.07, 6.45) is 5.92. The minimum atomic E-state index is -3.74. The molecule has 0 aromatic heterocycles. The number of piperidine rings is 2. The van der Waals surface area contributed by atoms with E-state index in [1.807, 2.05) is 6.92 Å². The number of rotatable bonds is 6. The molecule has 2 fully saturated rings. The zero-order valence-corrected chi connectivity index (χ0v) is 21.3. The fraction of sp³-hybridized carbons (Fsp3) is 0.462. The van der Waals surface area contributed by atoms with Crippen molar-refractivity contribution in [3.8, 4) is 0 Å². The number of nitrogens with zero attached hydrogens (tertiary/aromatic N) is 2. The first-order chi connectivity index (χ1) is 16.8. The van der Waals surface area contributed by atoms with Crippen LogP contribution in [0.3, 0.4) is 0 Å². The van der Waals surface area contributed by atoms with Crippen molar-refractivity contribution in [1.29, 1.82) is 0 Å². The summed E-state index contributed by atoms with van der Waals surface area (Å²) in [6.45, 7) is 5.87. The van der Waals surface area contributed by atoms with Crippen molar-refractivity contribution in [2.75, 3.05) is 41.7 Å². The number of carbonyl (C=O) groups excluding carboxylic acids is 2. The van der Waals surface area contributed by atoms with Gasteiger partial charge in [0.05, 0.1) is 5.69 Å². The molecule has 2 aromatic carbocycles. The van der Waals surface area contributed by atoms with Crippen molar-refractivity contribution in [2.24, 2.45) is 0 Å². The van der Waals surface area contributed by atoms with Gasteiger partial charge < -0.3 is 15.5 Å². The SMILES string of the molecule is CC(=O)Nc1cccc(NC(=O)c2ccc(N3CCCCC3)c(S(=O)(=O)N3CCCCC3)c2)c1C. The van der Waals surface area contributed by atoms with E-state index in [-0.39, 0.29) is 16.4 Å². The van der Waals surface area contributed by atoms with Crippen LogP contribution in [0.4, 0.5) is 17.1 Å². The average molecular weight is 499 g/mol. The van der Waals surface area contributed by atoms with Crippen molar-refractivity contribution in [3.63, 3.8) is 0 Å². The van der Waals surface area contributed by atoms with Gasteiger partial charge in [0.2, 0.25) is 15.9 Å². The van der Waals surface area contributed by atoms with Gasteiger partial charge in [-0.2, -0.15) is 4.31 Å². The molecule has 2 aromatic rings. The standard InChI is InChI=1S/C26H34N4O4S/c1-19-22(27-20(2)31)10-9-11-23(19)28-26(32)21-12-13-24(29-14-5-3-6-15-29)25(18-21)35(33,34)30-16-7-4-8-17-30/h9-13,18H,3-8,14-17H2,1-2H3,(H,27,31)(H,28,32). The molecule has 2 aliphatic heterocycles. The number of benzene rings is 2. The summed E-state index contributed by atoms with van der Waals surface area (Å²) in [6, 6.07) is 10.3. The largest absolute Gasteiger partial charge is 0.370 e. The van der Waals surface area contributed by atoms with E-state index in [2.05, 4.69) is 15.5 Å². The quantitative estimate of drug-likeness (QED) is 0.616. The molecule has 0 radical (unpaired) electrons. The van der Waals surface area contributed by atoms with Crippen molar-refractivity contribution >= 4 is 38.9 Å². The first kappa shape index (κ1) is 25.2. The normalized spacial score (nSPS) is 17.1. The van der Waals surface area contributed by atoms with Gasteiger partial charge in [-0.25, -0.2) is 8.42 Å². The van der Waals surface area contributed by atoms with Crippen LogP contribution in [0.1, 0.15) is 61.4 Å².